The maximum absolute atomic E-state index is 13.4. The van der Waals surface area contributed by atoms with E-state index in [1.54, 1.807) is 41.6 Å². The predicted octanol–water partition coefficient (Wildman–Crippen LogP) is 4.47. The molecule has 0 fully saturated rings. The maximum Gasteiger partial charge on any atom is 0.262 e. The zero-order valence-electron chi connectivity index (χ0n) is 17.5. The summed E-state index contributed by atoms with van der Waals surface area (Å²) in [5.74, 6) is -0.426. The molecule has 0 spiro atoms. The van der Waals surface area contributed by atoms with Gasteiger partial charge in [0.15, 0.2) is 5.16 Å². The van der Waals surface area contributed by atoms with Gasteiger partial charge in [0.2, 0.25) is 5.91 Å². The van der Waals surface area contributed by atoms with Crippen LogP contribution in [0.1, 0.15) is 32.3 Å². The van der Waals surface area contributed by atoms with Crippen molar-refractivity contribution in [2.75, 3.05) is 7.05 Å². The van der Waals surface area contributed by atoms with Gasteiger partial charge in [0.05, 0.1) is 16.2 Å². The van der Waals surface area contributed by atoms with E-state index in [1.165, 1.54) is 23.9 Å². The SMILES string of the molecule is CCCCn1c(SC(C)C(=O)N(C)Cc2cccc(F)c2)nc2ccccc2c1=O. The second-order valence-electron chi connectivity index (χ2n) is 7.31. The van der Waals surface area contributed by atoms with Gasteiger partial charge in [-0.1, -0.05) is 49.4 Å². The molecule has 0 saturated heterocycles. The predicted molar refractivity (Wildman–Crippen MR) is 119 cm³/mol. The number of hydrogen-bond acceptors (Lipinski definition) is 4. The first kappa shape index (κ1) is 22.0. The Labute approximate surface area is 179 Å². The summed E-state index contributed by atoms with van der Waals surface area (Å²) >= 11 is 1.29. The lowest BCUT2D eigenvalue weighted by Crippen LogP contribution is -2.33. The average Bonchev–Trinajstić information content (AvgIpc) is 2.73. The van der Waals surface area contributed by atoms with E-state index < -0.39 is 5.25 Å². The maximum atomic E-state index is 13.4. The van der Waals surface area contributed by atoms with Crippen molar-refractivity contribution in [3.05, 3.63) is 70.3 Å². The number of carbonyl (C=O) groups excluding carboxylic acids is 1. The summed E-state index contributed by atoms with van der Waals surface area (Å²) < 4.78 is 15.1. The smallest absolute Gasteiger partial charge is 0.262 e. The molecule has 30 heavy (non-hydrogen) atoms. The van der Waals surface area contributed by atoms with Crippen LogP contribution >= 0.6 is 11.8 Å². The highest BCUT2D eigenvalue weighted by Gasteiger charge is 2.22. The summed E-state index contributed by atoms with van der Waals surface area (Å²) in [6.07, 6.45) is 1.81. The van der Waals surface area contributed by atoms with Crippen molar-refractivity contribution in [1.82, 2.24) is 14.5 Å². The Hall–Kier alpha value is -2.67. The van der Waals surface area contributed by atoms with E-state index in [-0.39, 0.29) is 17.3 Å². The molecule has 158 valence electrons. The van der Waals surface area contributed by atoms with Crippen LogP contribution in [0.4, 0.5) is 4.39 Å². The van der Waals surface area contributed by atoms with Gasteiger partial charge in [-0.15, -0.1) is 0 Å². The van der Waals surface area contributed by atoms with Crippen LogP contribution in [0.15, 0.2) is 58.5 Å². The number of rotatable bonds is 8. The van der Waals surface area contributed by atoms with Gasteiger partial charge in [-0.3, -0.25) is 14.2 Å². The Morgan fingerprint density at radius 1 is 1.23 bits per heavy atom. The van der Waals surface area contributed by atoms with Crippen LogP contribution < -0.4 is 5.56 Å². The number of para-hydroxylation sites is 1. The number of aromatic nitrogens is 2. The molecular formula is C23H26FN3O2S. The topological polar surface area (TPSA) is 55.2 Å². The quantitative estimate of drug-likeness (QED) is 0.393. The molecule has 3 rings (SSSR count). The van der Waals surface area contributed by atoms with Crippen molar-refractivity contribution in [1.29, 1.82) is 0 Å². The third-order valence-corrected chi connectivity index (χ3v) is 5.95. The molecule has 0 N–H and O–H groups in total. The van der Waals surface area contributed by atoms with Crippen LogP contribution in [0.3, 0.4) is 0 Å². The Morgan fingerprint density at radius 2 is 2.00 bits per heavy atom. The van der Waals surface area contributed by atoms with E-state index in [0.717, 1.165) is 18.4 Å². The molecule has 0 radical (unpaired) electrons. The molecule has 0 saturated carbocycles. The lowest BCUT2D eigenvalue weighted by Gasteiger charge is -2.22. The van der Waals surface area contributed by atoms with Crippen LogP contribution in [-0.2, 0) is 17.9 Å². The van der Waals surface area contributed by atoms with Gasteiger partial charge >= 0.3 is 0 Å². The summed E-state index contributed by atoms with van der Waals surface area (Å²) in [5.41, 5.74) is 1.28. The Bertz CT molecular complexity index is 1100. The molecule has 0 aliphatic heterocycles. The minimum absolute atomic E-state index is 0.0793. The van der Waals surface area contributed by atoms with Crippen LogP contribution in [0.25, 0.3) is 10.9 Å². The van der Waals surface area contributed by atoms with Crippen molar-refractivity contribution in [3.8, 4) is 0 Å². The molecule has 5 nitrogen and oxygen atoms in total. The number of fused-ring (bicyclic) bond motifs is 1. The van der Waals surface area contributed by atoms with E-state index >= 15 is 0 Å². The number of thioether (sulfide) groups is 1. The van der Waals surface area contributed by atoms with Crippen molar-refractivity contribution in [2.45, 2.75) is 50.2 Å². The third kappa shape index (κ3) is 5.08. The fourth-order valence-corrected chi connectivity index (χ4v) is 4.31. The van der Waals surface area contributed by atoms with E-state index in [0.29, 0.717) is 29.1 Å². The van der Waals surface area contributed by atoms with Gasteiger partial charge in [0.1, 0.15) is 5.82 Å². The summed E-state index contributed by atoms with van der Waals surface area (Å²) in [4.78, 5) is 32.1. The van der Waals surface area contributed by atoms with Crippen molar-refractivity contribution >= 4 is 28.6 Å². The molecule has 3 aromatic rings. The van der Waals surface area contributed by atoms with Crippen molar-refractivity contribution < 1.29 is 9.18 Å². The van der Waals surface area contributed by atoms with Gasteiger partial charge in [0.25, 0.3) is 5.56 Å². The number of hydrogen-bond donors (Lipinski definition) is 0. The lowest BCUT2D eigenvalue weighted by atomic mass is 10.2. The minimum Gasteiger partial charge on any atom is -0.340 e. The van der Waals surface area contributed by atoms with Crippen LogP contribution in [0.2, 0.25) is 0 Å². The molecule has 1 unspecified atom stereocenters. The molecule has 1 atom stereocenters. The Kier molecular flexibility index (Phi) is 7.26. The number of benzene rings is 2. The summed E-state index contributed by atoms with van der Waals surface area (Å²) in [7, 11) is 1.70. The number of carbonyl (C=O) groups is 1. The number of halogens is 1. The first-order valence-electron chi connectivity index (χ1n) is 10.1. The highest BCUT2D eigenvalue weighted by molar-refractivity contribution is 8.00. The Balaban J connectivity index is 1.83. The second kappa shape index (κ2) is 9.89. The summed E-state index contributed by atoms with van der Waals surface area (Å²) in [6, 6.07) is 13.5. The van der Waals surface area contributed by atoms with Gasteiger partial charge in [0, 0.05) is 20.1 Å². The standard InChI is InChI=1S/C23H26FN3O2S/c1-4-5-13-27-22(29)19-11-6-7-12-20(19)25-23(27)30-16(2)21(28)26(3)15-17-9-8-10-18(24)14-17/h6-12,14,16H,4-5,13,15H2,1-3H3. The second-order valence-corrected chi connectivity index (χ2v) is 8.61. The van der Waals surface area contributed by atoms with Crippen LogP contribution in [-0.4, -0.2) is 32.7 Å². The van der Waals surface area contributed by atoms with Crippen molar-refractivity contribution in [2.24, 2.45) is 0 Å². The summed E-state index contributed by atoms with van der Waals surface area (Å²) in [6.45, 7) is 4.76. The molecule has 0 aliphatic carbocycles. The van der Waals surface area contributed by atoms with Crippen LogP contribution in [0.5, 0.6) is 0 Å². The van der Waals surface area contributed by atoms with Gasteiger partial charge in [-0.2, -0.15) is 0 Å². The zero-order chi connectivity index (χ0) is 21.7. The molecular weight excluding hydrogens is 401 g/mol. The average molecular weight is 428 g/mol. The van der Waals surface area contributed by atoms with E-state index in [2.05, 4.69) is 11.9 Å². The monoisotopic (exact) mass is 427 g/mol. The number of nitrogens with zero attached hydrogens (tertiary/aromatic N) is 3. The largest absolute Gasteiger partial charge is 0.340 e. The lowest BCUT2D eigenvalue weighted by molar-refractivity contribution is -0.129. The fourth-order valence-electron chi connectivity index (χ4n) is 3.26. The molecule has 0 bridgehead atoms. The van der Waals surface area contributed by atoms with Gasteiger partial charge in [-0.25, -0.2) is 9.37 Å². The van der Waals surface area contributed by atoms with E-state index in [1.807, 2.05) is 18.2 Å². The first-order chi connectivity index (χ1) is 14.4. The van der Waals surface area contributed by atoms with Gasteiger partial charge < -0.3 is 4.90 Å². The van der Waals surface area contributed by atoms with Crippen LogP contribution in [0, 0.1) is 5.82 Å². The highest BCUT2D eigenvalue weighted by atomic mass is 32.2. The normalized spacial score (nSPS) is 12.1. The minimum atomic E-state index is -0.440. The van der Waals surface area contributed by atoms with Crippen molar-refractivity contribution in [3.63, 3.8) is 0 Å². The first-order valence-corrected chi connectivity index (χ1v) is 10.9. The molecule has 1 heterocycles. The molecule has 7 heteroatoms. The summed E-state index contributed by atoms with van der Waals surface area (Å²) in [5, 5.41) is 0.691. The van der Waals surface area contributed by atoms with E-state index in [4.69, 9.17) is 0 Å². The fraction of sp³-hybridized carbons (Fsp3) is 0.348. The highest BCUT2D eigenvalue weighted by Crippen LogP contribution is 2.24. The molecule has 0 aliphatic rings. The third-order valence-electron chi connectivity index (χ3n) is 4.88. The zero-order valence-corrected chi connectivity index (χ0v) is 18.3. The van der Waals surface area contributed by atoms with E-state index in [9.17, 15) is 14.0 Å². The van der Waals surface area contributed by atoms with Gasteiger partial charge in [-0.05, 0) is 43.2 Å². The molecule has 2 aromatic carbocycles. The molecule has 1 aromatic heterocycles. The molecule has 1 amide bonds. The number of unbranched alkanes of at least 4 members (excludes halogenated alkanes) is 1. The Morgan fingerprint density at radius 3 is 2.73 bits per heavy atom. The number of amides is 1.